The van der Waals surface area contributed by atoms with E-state index in [1.54, 1.807) is 37.4 Å². The maximum Gasteiger partial charge on any atom is 0.340 e. The molecule has 2 rings (SSSR count). The summed E-state index contributed by atoms with van der Waals surface area (Å²) in [5, 5.41) is 5.40. The first-order chi connectivity index (χ1) is 11.2. The van der Waals surface area contributed by atoms with Gasteiger partial charge >= 0.3 is 12.0 Å². The molecule has 1 aromatic heterocycles. The first-order valence-electron chi connectivity index (χ1n) is 7.41. The summed E-state index contributed by atoms with van der Waals surface area (Å²) in [6.45, 7) is 2.46. The molecular formula is C17H19N3O3. The molecule has 0 radical (unpaired) electrons. The normalized spacial score (nSPS) is 9.96. The highest BCUT2D eigenvalue weighted by atomic mass is 16.5. The molecule has 1 aromatic carbocycles. The summed E-state index contributed by atoms with van der Waals surface area (Å²) in [6.07, 6.45) is 2.35. The largest absolute Gasteiger partial charge is 0.462 e. The number of carbonyl (C=O) groups excluding carboxylic acids is 2. The lowest BCUT2D eigenvalue weighted by atomic mass is 10.2. The maximum atomic E-state index is 11.9. The Balaban J connectivity index is 1.89. The summed E-state index contributed by atoms with van der Waals surface area (Å²) in [5.41, 5.74) is 1.65. The SMILES string of the molecule is CCOC(=O)c1ccccc1NC(=O)NCCc1ccccn1. The molecule has 2 N–H and O–H groups in total. The molecule has 0 saturated carbocycles. The van der Waals surface area contributed by atoms with Gasteiger partial charge in [-0.15, -0.1) is 0 Å². The van der Waals surface area contributed by atoms with E-state index >= 15 is 0 Å². The van der Waals surface area contributed by atoms with Crippen molar-refractivity contribution in [1.82, 2.24) is 10.3 Å². The van der Waals surface area contributed by atoms with Gasteiger partial charge < -0.3 is 15.4 Å². The van der Waals surface area contributed by atoms with Gasteiger partial charge in [-0.3, -0.25) is 4.98 Å². The zero-order valence-electron chi connectivity index (χ0n) is 12.9. The van der Waals surface area contributed by atoms with Gasteiger partial charge in [-0.25, -0.2) is 9.59 Å². The molecule has 23 heavy (non-hydrogen) atoms. The number of aromatic nitrogens is 1. The number of ether oxygens (including phenoxy) is 1. The highest BCUT2D eigenvalue weighted by Gasteiger charge is 2.13. The third kappa shape index (κ3) is 5.10. The minimum atomic E-state index is -0.461. The topological polar surface area (TPSA) is 80.3 Å². The zero-order chi connectivity index (χ0) is 16.5. The minimum absolute atomic E-state index is 0.281. The van der Waals surface area contributed by atoms with Crippen LogP contribution in [0.4, 0.5) is 10.5 Å². The Hall–Kier alpha value is -2.89. The monoisotopic (exact) mass is 313 g/mol. The van der Waals surface area contributed by atoms with E-state index in [9.17, 15) is 9.59 Å². The number of rotatable bonds is 6. The number of amides is 2. The summed E-state index contributed by atoms with van der Waals surface area (Å²) in [7, 11) is 0. The van der Waals surface area contributed by atoms with E-state index in [1.807, 2.05) is 18.2 Å². The third-order valence-corrected chi connectivity index (χ3v) is 3.06. The van der Waals surface area contributed by atoms with Gasteiger partial charge in [-0.1, -0.05) is 18.2 Å². The predicted molar refractivity (Wildman–Crippen MR) is 87.4 cm³/mol. The van der Waals surface area contributed by atoms with Crippen molar-refractivity contribution in [3.63, 3.8) is 0 Å². The number of pyridine rings is 1. The number of hydrogen-bond donors (Lipinski definition) is 2. The molecule has 0 saturated heterocycles. The van der Waals surface area contributed by atoms with E-state index in [-0.39, 0.29) is 12.6 Å². The standard InChI is InChI=1S/C17H19N3O3/c1-2-23-16(21)14-8-3-4-9-15(14)20-17(22)19-12-10-13-7-5-6-11-18-13/h3-9,11H,2,10,12H2,1H3,(H2,19,20,22). The van der Waals surface area contributed by atoms with Gasteiger partial charge in [0.1, 0.15) is 0 Å². The summed E-state index contributed by atoms with van der Waals surface area (Å²) in [4.78, 5) is 28.0. The minimum Gasteiger partial charge on any atom is -0.462 e. The molecule has 0 aliphatic heterocycles. The summed E-state index contributed by atoms with van der Waals surface area (Å²) in [5.74, 6) is -0.461. The Bertz CT molecular complexity index is 659. The lowest BCUT2D eigenvalue weighted by Crippen LogP contribution is -2.31. The number of hydrogen-bond acceptors (Lipinski definition) is 4. The van der Waals surface area contributed by atoms with Gasteiger partial charge in [0, 0.05) is 24.9 Å². The fourth-order valence-corrected chi connectivity index (χ4v) is 2.00. The highest BCUT2D eigenvalue weighted by Crippen LogP contribution is 2.16. The van der Waals surface area contributed by atoms with Crippen molar-refractivity contribution < 1.29 is 14.3 Å². The molecule has 0 aliphatic rings. The van der Waals surface area contributed by atoms with Crippen molar-refractivity contribution >= 4 is 17.7 Å². The Kier molecular flexibility index (Phi) is 6.11. The van der Waals surface area contributed by atoms with Crippen LogP contribution in [-0.4, -0.2) is 30.1 Å². The van der Waals surface area contributed by atoms with Gasteiger partial charge in [-0.2, -0.15) is 0 Å². The van der Waals surface area contributed by atoms with Crippen molar-refractivity contribution in [3.8, 4) is 0 Å². The second-order valence-corrected chi connectivity index (χ2v) is 4.72. The van der Waals surface area contributed by atoms with Gasteiger partial charge in [-0.05, 0) is 31.2 Å². The number of para-hydroxylation sites is 1. The van der Waals surface area contributed by atoms with Crippen LogP contribution in [0, 0.1) is 0 Å². The molecule has 0 atom stereocenters. The Morgan fingerprint density at radius 1 is 1.13 bits per heavy atom. The van der Waals surface area contributed by atoms with E-state index in [0.29, 0.717) is 24.2 Å². The Morgan fingerprint density at radius 2 is 1.91 bits per heavy atom. The van der Waals surface area contributed by atoms with Gasteiger partial charge in [0.05, 0.1) is 17.9 Å². The van der Waals surface area contributed by atoms with Crippen LogP contribution in [0.5, 0.6) is 0 Å². The van der Waals surface area contributed by atoms with Gasteiger partial charge in [0.25, 0.3) is 0 Å². The van der Waals surface area contributed by atoms with Crippen molar-refractivity contribution in [2.45, 2.75) is 13.3 Å². The maximum absolute atomic E-state index is 11.9. The van der Waals surface area contributed by atoms with Crippen molar-refractivity contribution in [3.05, 3.63) is 59.9 Å². The average Bonchev–Trinajstić information content (AvgIpc) is 2.56. The van der Waals surface area contributed by atoms with Crippen LogP contribution in [0.15, 0.2) is 48.7 Å². The second-order valence-electron chi connectivity index (χ2n) is 4.72. The zero-order valence-corrected chi connectivity index (χ0v) is 12.9. The van der Waals surface area contributed by atoms with Crippen LogP contribution in [-0.2, 0) is 11.2 Å². The number of urea groups is 1. The molecule has 0 unspecified atom stereocenters. The first-order valence-corrected chi connectivity index (χ1v) is 7.41. The molecule has 2 aromatic rings. The van der Waals surface area contributed by atoms with Crippen molar-refractivity contribution in [2.24, 2.45) is 0 Å². The van der Waals surface area contributed by atoms with Crippen LogP contribution in [0.2, 0.25) is 0 Å². The molecule has 6 heteroatoms. The van der Waals surface area contributed by atoms with Crippen molar-refractivity contribution in [2.75, 3.05) is 18.5 Å². The first kappa shape index (κ1) is 16.5. The van der Waals surface area contributed by atoms with Crippen molar-refractivity contribution in [1.29, 1.82) is 0 Å². The fourth-order valence-electron chi connectivity index (χ4n) is 2.00. The van der Waals surface area contributed by atoms with E-state index in [4.69, 9.17) is 4.74 Å². The Labute approximate surface area is 134 Å². The van der Waals surface area contributed by atoms with E-state index in [0.717, 1.165) is 5.69 Å². The lowest BCUT2D eigenvalue weighted by molar-refractivity contribution is 0.0527. The Morgan fingerprint density at radius 3 is 2.65 bits per heavy atom. The molecule has 1 heterocycles. The van der Waals surface area contributed by atoms with Gasteiger partial charge in [0.15, 0.2) is 0 Å². The second kappa shape index (κ2) is 8.53. The molecule has 6 nitrogen and oxygen atoms in total. The van der Waals surface area contributed by atoms with E-state index < -0.39 is 5.97 Å². The number of nitrogens with zero attached hydrogens (tertiary/aromatic N) is 1. The molecule has 0 spiro atoms. The third-order valence-electron chi connectivity index (χ3n) is 3.06. The number of benzene rings is 1. The molecule has 2 amide bonds. The van der Waals surface area contributed by atoms with Gasteiger partial charge in [0.2, 0.25) is 0 Å². The molecule has 120 valence electrons. The number of carbonyl (C=O) groups is 2. The molecule has 0 aliphatic carbocycles. The quantitative estimate of drug-likeness (QED) is 0.803. The lowest BCUT2D eigenvalue weighted by Gasteiger charge is -2.11. The van der Waals surface area contributed by atoms with E-state index in [1.165, 1.54) is 0 Å². The van der Waals surface area contributed by atoms with Crippen LogP contribution in [0.25, 0.3) is 0 Å². The molecule has 0 bridgehead atoms. The average molecular weight is 313 g/mol. The highest BCUT2D eigenvalue weighted by molar-refractivity contribution is 6.00. The summed E-state index contributed by atoms with van der Waals surface area (Å²) in [6, 6.07) is 12.0. The number of esters is 1. The molecular weight excluding hydrogens is 294 g/mol. The van der Waals surface area contributed by atoms with E-state index in [2.05, 4.69) is 15.6 Å². The molecule has 0 fully saturated rings. The van der Waals surface area contributed by atoms with Crippen LogP contribution in [0.1, 0.15) is 23.0 Å². The van der Waals surface area contributed by atoms with Crippen LogP contribution < -0.4 is 10.6 Å². The fraction of sp³-hybridized carbons (Fsp3) is 0.235. The smallest absolute Gasteiger partial charge is 0.340 e. The van der Waals surface area contributed by atoms with Crippen LogP contribution in [0.3, 0.4) is 0 Å². The predicted octanol–water partition coefficient (Wildman–Crippen LogP) is 2.62. The number of nitrogens with one attached hydrogen (secondary N) is 2. The summed E-state index contributed by atoms with van der Waals surface area (Å²) >= 11 is 0. The number of anilines is 1. The summed E-state index contributed by atoms with van der Waals surface area (Å²) < 4.78 is 4.97. The van der Waals surface area contributed by atoms with Crippen LogP contribution >= 0.6 is 0 Å².